The number of carbonyl (C=O) groups is 3. The average molecular weight is 382 g/mol. The van der Waals surface area contributed by atoms with Gasteiger partial charge in [-0.2, -0.15) is 0 Å². The molecule has 3 rings (SSSR count). The molecule has 0 saturated carbocycles. The summed E-state index contributed by atoms with van der Waals surface area (Å²) in [5.74, 6) is -1.86. The second kappa shape index (κ2) is 8.36. The zero-order chi connectivity index (χ0) is 20.1. The molecule has 28 heavy (non-hydrogen) atoms. The van der Waals surface area contributed by atoms with Crippen molar-refractivity contribution in [2.45, 2.75) is 6.61 Å². The normalized spacial score (nSPS) is 10.6. The van der Waals surface area contributed by atoms with Gasteiger partial charge in [-0.3, -0.25) is 9.59 Å². The van der Waals surface area contributed by atoms with E-state index in [1.54, 1.807) is 12.1 Å². The minimum Gasteiger partial charge on any atom is -0.450 e. The van der Waals surface area contributed by atoms with Crippen LogP contribution in [0.1, 0.15) is 26.5 Å². The molecular formula is C20H18N2O6. The molecule has 0 bridgehead atoms. The number of methoxy groups -OCH3 is 1. The first-order valence-corrected chi connectivity index (χ1v) is 8.35. The first-order chi connectivity index (χ1) is 13.5. The highest BCUT2D eigenvalue weighted by Gasteiger charge is 2.22. The van der Waals surface area contributed by atoms with Crippen LogP contribution in [0.25, 0.3) is 11.0 Å². The first kappa shape index (κ1) is 19.1. The largest absolute Gasteiger partial charge is 0.450 e. The van der Waals surface area contributed by atoms with Crippen molar-refractivity contribution in [3.05, 3.63) is 65.4 Å². The van der Waals surface area contributed by atoms with Crippen LogP contribution >= 0.6 is 0 Å². The van der Waals surface area contributed by atoms with Gasteiger partial charge in [0, 0.05) is 29.3 Å². The average Bonchev–Trinajstić information content (AvgIpc) is 3.06. The van der Waals surface area contributed by atoms with E-state index in [0.29, 0.717) is 22.4 Å². The van der Waals surface area contributed by atoms with Crippen LogP contribution in [-0.4, -0.2) is 31.5 Å². The quantitative estimate of drug-likeness (QED) is 0.606. The van der Waals surface area contributed by atoms with E-state index in [4.69, 9.17) is 19.6 Å². The number of ether oxygens (including phenoxy) is 2. The van der Waals surface area contributed by atoms with Gasteiger partial charge in [0.15, 0.2) is 6.61 Å². The molecule has 0 aliphatic heterocycles. The summed E-state index contributed by atoms with van der Waals surface area (Å²) in [6.07, 6.45) is 0. The van der Waals surface area contributed by atoms with E-state index in [9.17, 15) is 14.4 Å². The SMILES string of the molecule is COCc1c(C(=O)OCC(=O)Nc2ccc(C(N)=O)cc2)oc2ccccc12. The zero-order valence-corrected chi connectivity index (χ0v) is 15.1. The van der Waals surface area contributed by atoms with E-state index in [-0.39, 0.29) is 12.4 Å². The number of carbonyl (C=O) groups excluding carboxylic acids is 3. The highest BCUT2D eigenvalue weighted by Crippen LogP contribution is 2.27. The Kier molecular flexibility index (Phi) is 5.71. The number of benzene rings is 2. The van der Waals surface area contributed by atoms with Crippen molar-refractivity contribution in [1.29, 1.82) is 0 Å². The molecule has 0 radical (unpaired) electrons. The van der Waals surface area contributed by atoms with Gasteiger partial charge in [0.25, 0.3) is 5.91 Å². The number of fused-ring (bicyclic) bond motifs is 1. The Morgan fingerprint density at radius 1 is 1.07 bits per heavy atom. The van der Waals surface area contributed by atoms with Gasteiger partial charge in [-0.05, 0) is 30.3 Å². The number of primary amides is 1. The van der Waals surface area contributed by atoms with Crippen molar-refractivity contribution in [3.63, 3.8) is 0 Å². The van der Waals surface area contributed by atoms with E-state index in [2.05, 4.69) is 5.32 Å². The molecule has 3 aromatic rings. The van der Waals surface area contributed by atoms with Gasteiger partial charge < -0.3 is 24.9 Å². The first-order valence-electron chi connectivity index (χ1n) is 8.35. The molecule has 0 aliphatic carbocycles. The Morgan fingerprint density at radius 3 is 2.46 bits per heavy atom. The Balaban J connectivity index is 1.65. The van der Waals surface area contributed by atoms with Gasteiger partial charge >= 0.3 is 5.97 Å². The number of anilines is 1. The monoisotopic (exact) mass is 382 g/mol. The van der Waals surface area contributed by atoms with Gasteiger partial charge in [0.1, 0.15) is 5.58 Å². The maximum atomic E-state index is 12.4. The smallest absolute Gasteiger partial charge is 0.375 e. The van der Waals surface area contributed by atoms with Crippen LogP contribution in [0.5, 0.6) is 0 Å². The second-order valence-corrected chi connectivity index (χ2v) is 5.90. The van der Waals surface area contributed by atoms with Gasteiger partial charge in [0.05, 0.1) is 6.61 Å². The minimum atomic E-state index is -0.762. The Morgan fingerprint density at radius 2 is 1.79 bits per heavy atom. The molecule has 0 atom stereocenters. The Labute approximate surface area is 160 Å². The molecule has 2 amide bonds. The third-order valence-corrected chi connectivity index (χ3v) is 3.96. The molecule has 8 heteroatoms. The highest BCUT2D eigenvalue weighted by atomic mass is 16.5. The lowest BCUT2D eigenvalue weighted by Crippen LogP contribution is -2.21. The molecule has 2 aromatic carbocycles. The lowest BCUT2D eigenvalue weighted by atomic mass is 10.1. The van der Waals surface area contributed by atoms with Gasteiger partial charge in [-0.1, -0.05) is 18.2 Å². The number of esters is 1. The van der Waals surface area contributed by atoms with Crippen molar-refractivity contribution < 1.29 is 28.3 Å². The summed E-state index contributed by atoms with van der Waals surface area (Å²) in [7, 11) is 1.51. The van der Waals surface area contributed by atoms with Crippen molar-refractivity contribution in [2.75, 3.05) is 19.0 Å². The van der Waals surface area contributed by atoms with Crippen LogP contribution < -0.4 is 11.1 Å². The molecular weight excluding hydrogens is 364 g/mol. The molecule has 3 N–H and O–H groups in total. The van der Waals surface area contributed by atoms with Crippen molar-refractivity contribution in [2.24, 2.45) is 5.73 Å². The number of rotatable bonds is 7. The molecule has 0 aliphatic rings. The maximum absolute atomic E-state index is 12.4. The maximum Gasteiger partial charge on any atom is 0.375 e. The fraction of sp³-hybridized carbons (Fsp3) is 0.150. The number of hydrogen-bond acceptors (Lipinski definition) is 6. The Bertz CT molecular complexity index is 1020. The molecule has 0 saturated heterocycles. The summed E-state index contributed by atoms with van der Waals surface area (Å²) < 4.78 is 15.8. The standard InChI is InChI=1S/C20H18N2O6/c1-26-10-15-14-4-2-3-5-16(14)28-18(15)20(25)27-11-17(23)22-13-8-6-12(7-9-13)19(21)24/h2-9H,10-11H2,1H3,(H2,21,24)(H,22,23). The fourth-order valence-corrected chi connectivity index (χ4v) is 2.66. The predicted molar refractivity (Wildman–Crippen MR) is 101 cm³/mol. The van der Waals surface area contributed by atoms with E-state index >= 15 is 0 Å². The van der Waals surface area contributed by atoms with Crippen LogP contribution in [0, 0.1) is 0 Å². The van der Waals surface area contributed by atoms with Crippen LogP contribution in [0.3, 0.4) is 0 Å². The summed E-state index contributed by atoms with van der Waals surface area (Å²) in [5, 5.41) is 3.30. The Hall–Kier alpha value is -3.65. The number of amides is 2. The number of nitrogens with one attached hydrogen (secondary N) is 1. The van der Waals surface area contributed by atoms with Crippen molar-refractivity contribution in [3.8, 4) is 0 Å². The van der Waals surface area contributed by atoms with Crippen LogP contribution in [-0.2, 0) is 20.9 Å². The summed E-state index contributed by atoms with van der Waals surface area (Å²) in [4.78, 5) is 35.4. The van der Waals surface area contributed by atoms with Crippen LogP contribution in [0.4, 0.5) is 5.69 Å². The second-order valence-electron chi connectivity index (χ2n) is 5.90. The minimum absolute atomic E-state index is 0.00154. The van der Waals surface area contributed by atoms with Gasteiger partial charge in [-0.25, -0.2) is 4.79 Å². The molecule has 8 nitrogen and oxygen atoms in total. The summed E-state index contributed by atoms with van der Waals surface area (Å²) >= 11 is 0. The van der Waals surface area contributed by atoms with E-state index in [1.807, 2.05) is 12.1 Å². The molecule has 144 valence electrons. The summed E-state index contributed by atoms with van der Waals surface area (Å²) in [6, 6.07) is 13.2. The number of furan rings is 1. The topological polar surface area (TPSA) is 121 Å². The molecule has 1 heterocycles. The zero-order valence-electron chi connectivity index (χ0n) is 15.1. The van der Waals surface area contributed by atoms with E-state index in [0.717, 1.165) is 5.39 Å². The van der Waals surface area contributed by atoms with Crippen molar-refractivity contribution in [1.82, 2.24) is 0 Å². The molecule has 0 spiro atoms. The third-order valence-electron chi connectivity index (χ3n) is 3.96. The van der Waals surface area contributed by atoms with Crippen LogP contribution in [0.2, 0.25) is 0 Å². The third kappa shape index (κ3) is 4.18. The van der Waals surface area contributed by atoms with Gasteiger partial charge in [-0.15, -0.1) is 0 Å². The molecule has 0 fully saturated rings. The number of hydrogen-bond donors (Lipinski definition) is 2. The van der Waals surface area contributed by atoms with Gasteiger partial charge in [0.2, 0.25) is 11.7 Å². The summed E-state index contributed by atoms with van der Waals surface area (Å²) in [5.41, 5.74) is 7.01. The van der Waals surface area contributed by atoms with Crippen molar-refractivity contribution >= 4 is 34.4 Å². The van der Waals surface area contributed by atoms with E-state index < -0.39 is 24.4 Å². The van der Waals surface area contributed by atoms with Crippen LogP contribution in [0.15, 0.2) is 52.9 Å². The predicted octanol–water partition coefficient (Wildman–Crippen LogP) is 2.47. The summed E-state index contributed by atoms with van der Waals surface area (Å²) in [6.45, 7) is -0.334. The lowest BCUT2D eigenvalue weighted by Gasteiger charge is -2.07. The fourth-order valence-electron chi connectivity index (χ4n) is 2.66. The number of para-hydroxylation sites is 1. The lowest BCUT2D eigenvalue weighted by molar-refractivity contribution is -0.119. The molecule has 0 unspecified atom stereocenters. The number of nitrogens with two attached hydrogens (primary N) is 1. The highest BCUT2D eigenvalue weighted by molar-refractivity contribution is 5.98. The van der Waals surface area contributed by atoms with E-state index in [1.165, 1.54) is 31.4 Å². The molecule has 1 aromatic heterocycles.